The van der Waals surface area contributed by atoms with Crippen LogP contribution in [-0.4, -0.2) is 16.6 Å². The second-order valence-electron chi connectivity index (χ2n) is 2.56. The Morgan fingerprint density at radius 1 is 1.69 bits per heavy atom. The highest BCUT2D eigenvalue weighted by Gasteiger charge is 2.04. The molecule has 3 N–H and O–H groups in total. The number of rotatable bonds is 4. The molecule has 0 fully saturated rings. The van der Waals surface area contributed by atoms with E-state index in [4.69, 9.17) is 11.1 Å². The maximum absolute atomic E-state index is 7.32. The van der Waals surface area contributed by atoms with Gasteiger partial charge in [0.05, 0.1) is 0 Å². The van der Waals surface area contributed by atoms with Crippen molar-refractivity contribution in [3.63, 3.8) is 0 Å². The predicted octanol–water partition coefficient (Wildman–Crippen LogP) is 1.62. The van der Waals surface area contributed by atoms with Gasteiger partial charge in [0.1, 0.15) is 11.5 Å². The Kier molecular flexibility index (Phi) is 3.76. The van der Waals surface area contributed by atoms with Crippen LogP contribution in [0.4, 0.5) is 0 Å². The van der Waals surface area contributed by atoms with Gasteiger partial charge in [0, 0.05) is 11.9 Å². The van der Waals surface area contributed by atoms with Gasteiger partial charge in [-0.2, -0.15) is 11.8 Å². The molecule has 0 aliphatic carbocycles. The number of nitrogens with zero attached hydrogens (tertiary/aromatic N) is 1. The van der Waals surface area contributed by atoms with Crippen molar-refractivity contribution in [3.8, 4) is 0 Å². The molecule has 4 heteroatoms. The van der Waals surface area contributed by atoms with Crippen molar-refractivity contribution < 1.29 is 0 Å². The molecule has 0 amide bonds. The zero-order valence-electron chi connectivity index (χ0n) is 7.58. The molecule has 3 nitrogen and oxygen atoms in total. The van der Waals surface area contributed by atoms with E-state index in [-0.39, 0.29) is 5.84 Å². The van der Waals surface area contributed by atoms with Gasteiger partial charge in [-0.05, 0) is 17.4 Å². The zero-order chi connectivity index (χ0) is 9.68. The van der Waals surface area contributed by atoms with Crippen molar-refractivity contribution in [1.29, 1.82) is 5.41 Å². The predicted molar refractivity (Wildman–Crippen MR) is 57.1 cm³/mol. The molecule has 0 atom stereocenters. The third-order valence-electron chi connectivity index (χ3n) is 1.61. The van der Waals surface area contributed by atoms with Gasteiger partial charge in [0.25, 0.3) is 0 Å². The number of pyridine rings is 1. The largest absolute Gasteiger partial charge is 0.382 e. The van der Waals surface area contributed by atoms with Crippen LogP contribution >= 0.6 is 11.8 Å². The van der Waals surface area contributed by atoms with E-state index in [0.29, 0.717) is 5.69 Å². The Labute approximate surface area is 82.3 Å². The van der Waals surface area contributed by atoms with E-state index in [2.05, 4.69) is 11.9 Å². The lowest BCUT2D eigenvalue weighted by molar-refractivity contribution is 1.19. The van der Waals surface area contributed by atoms with E-state index in [1.807, 2.05) is 12.1 Å². The quantitative estimate of drug-likeness (QED) is 0.567. The number of nitrogens with two attached hydrogens (primary N) is 1. The molecule has 1 heterocycles. The summed E-state index contributed by atoms with van der Waals surface area (Å²) in [7, 11) is 0. The molecule has 0 bridgehead atoms. The maximum atomic E-state index is 7.32. The van der Waals surface area contributed by atoms with E-state index in [1.54, 1.807) is 18.0 Å². The van der Waals surface area contributed by atoms with Crippen LogP contribution in [0.1, 0.15) is 18.2 Å². The summed E-state index contributed by atoms with van der Waals surface area (Å²) in [6.45, 7) is 2.11. The van der Waals surface area contributed by atoms with E-state index in [9.17, 15) is 0 Å². The minimum Gasteiger partial charge on any atom is -0.382 e. The van der Waals surface area contributed by atoms with E-state index < -0.39 is 0 Å². The molecule has 70 valence electrons. The number of aromatic nitrogens is 1. The summed E-state index contributed by atoms with van der Waals surface area (Å²) in [5.41, 5.74) is 7.06. The van der Waals surface area contributed by atoms with Gasteiger partial charge in [0.2, 0.25) is 0 Å². The molecular formula is C9H13N3S. The Bertz CT molecular complexity index is 299. The van der Waals surface area contributed by atoms with Crippen LogP contribution in [0.2, 0.25) is 0 Å². The topological polar surface area (TPSA) is 62.8 Å². The molecule has 0 aliphatic heterocycles. The molecule has 0 saturated carbocycles. The number of hydrogen-bond acceptors (Lipinski definition) is 3. The normalized spacial score (nSPS) is 9.92. The average molecular weight is 195 g/mol. The first-order chi connectivity index (χ1) is 6.25. The fourth-order valence-corrected chi connectivity index (χ4v) is 1.67. The Morgan fingerprint density at radius 2 is 2.46 bits per heavy atom. The summed E-state index contributed by atoms with van der Waals surface area (Å²) in [6, 6.07) is 3.84. The summed E-state index contributed by atoms with van der Waals surface area (Å²) in [5.74, 6) is 1.98. The second kappa shape index (κ2) is 4.87. The van der Waals surface area contributed by atoms with E-state index >= 15 is 0 Å². The fraction of sp³-hybridized carbons (Fsp3) is 0.333. The lowest BCUT2D eigenvalue weighted by atomic mass is 10.2. The number of hydrogen-bond donors (Lipinski definition) is 2. The van der Waals surface area contributed by atoms with Crippen LogP contribution in [0.3, 0.4) is 0 Å². The van der Waals surface area contributed by atoms with E-state index in [1.165, 1.54) is 0 Å². The first-order valence-electron chi connectivity index (χ1n) is 4.11. The molecule has 0 unspecified atom stereocenters. The van der Waals surface area contributed by atoms with Crippen LogP contribution in [0.25, 0.3) is 0 Å². The van der Waals surface area contributed by atoms with Crippen LogP contribution < -0.4 is 5.73 Å². The van der Waals surface area contributed by atoms with Gasteiger partial charge < -0.3 is 5.73 Å². The monoisotopic (exact) mass is 195 g/mol. The van der Waals surface area contributed by atoms with Crippen molar-refractivity contribution in [2.75, 3.05) is 5.75 Å². The first kappa shape index (κ1) is 10.1. The highest BCUT2D eigenvalue weighted by molar-refractivity contribution is 7.98. The molecule has 0 saturated heterocycles. The molecular weight excluding hydrogens is 182 g/mol. The highest BCUT2D eigenvalue weighted by atomic mass is 32.2. The SMILES string of the molecule is CCSCc1cccnc1C(=N)N. The summed E-state index contributed by atoms with van der Waals surface area (Å²) in [4.78, 5) is 4.07. The number of nitrogen functional groups attached to an aromatic ring is 1. The average Bonchev–Trinajstić information content (AvgIpc) is 2.15. The Hall–Kier alpha value is -1.03. The van der Waals surface area contributed by atoms with Gasteiger partial charge >= 0.3 is 0 Å². The summed E-state index contributed by atoms with van der Waals surface area (Å²) in [6.07, 6.45) is 1.66. The van der Waals surface area contributed by atoms with Crippen LogP contribution in [0, 0.1) is 5.41 Å². The molecule has 1 aromatic heterocycles. The molecule has 1 rings (SSSR count). The number of thioether (sulfide) groups is 1. The maximum Gasteiger partial charge on any atom is 0.142 e. The molecule has 0 radical (unpaired) electrons. The molecule has 0 aromatic carbocycles. The van der Waals surface area contributed by atoms with Crippen molar-refractivity contribution in [2.45, 2.75) is 12.7 Å². The van der Waals surface area contributed by atoms with Crippen LogP contribution in [-0.2, 0) is 5.75 Å². The molecule has 13 heavy (non-hydrogen) atoms. The minimum absolute atomic E-state index is 0.0484. The van der Waals surface area contributed by atoms with Gasteiger partial charge in [0.15, 0.2) is 0 Å². The Balaban J connectivity index is 2.84. The lowest BCUT2D eigenvalue weighted by Gasteiger charge is -2.04. The van der Waals surface area contributed by atoms with E-state index in [0.717, 1.165) is 17.1 Å². The summed E-state index contributed by atoms with van der Waals surface area (Å²) < 4.78 is 0. The molecule has 0 aliphatic rings. The van der Waals surface area contributed by atoms with Crippen LogP contribution in [0.5, 0.6) is 0 Å². The summed E-state index contributed by atoms with van der Waals surface area (Å²) in [5, 5.41) is 7.32. The van der Waals surface area contributed by atoms with Crippen molar-refractivity contribution >= 4 is 17.6 Å². The van der Waals surface area contributed by atoms with Crippen molar-refractivity contribution in [3.05, 3.63) is 29.6 Å². The second-order valence-corrected chi connectivity index (χ2v) is 3.84. The fourth-order valence-electron chi connectivity index (χ4n) is 1.01. The third-order valence-corrected chi connectivity index (χ3v) is 2.53. The Morgan fingerprint density at radius 3 is 3.08 bits per heavy atom. The third kappa shape index (κ3) is 2.73. The smallest absolute Gasteiger partial charge is 0.142 e. The number of nitrogens with one attached hydrogen (secondary N) is 1. The van der Waals surface area contributed by atoms with Crippen LogP contribution in [0.15, 0.2) is 18.3 Å². The van der Waals surface area contributed by atoms with Crippen molar-refractivity contribution in [2.24, 2.45) is 5.73 Å². The molecule has 0 spiro atoms. The van der Waals surface area contributed by atoms with Gasteiger partial charge in [-0.3, -0.25) is 10.4 Å². The standard InChI is InChI=1S/C9H13N3S/c1-2-13-6-7-4-3-5-12-8(7)9(10)11/h3-5H,2,6H2,1H3,(H3,10,11). The highest BCUT2D eigenvalue weighted by Crippen LogP contribution is 2.13. The van der Waals surface area contributed by atoms with Gasteiger partial charge in [-0.15, -0.1) is 0 Å². The van der Waals surface area contributed by atoms with Gasteiger partial charge in [-0.25, -0.2) is 0 Å². The zero-order valence-corrected chi connectivity index (χ0v) is 8.40. The summed E-state index contributed by atoms with van der Waals surface area (Å²) >= 11 is 1.80. The first-order valence-corrected chi connectivity index (χ1v) is 5.27. The molecule has 1 aromatic rings. The lowest BCUT2D eigenvalue weighted by Crippen LogP contribution is -2.15. The number of amidine groups is 1. The van der Waals surface area contributed by atoms with Crippen molar-refractivity contribution in [1.82, 2.24) is 4.98 Å². The van der Waals surface area contributed by atoms with Gasteiger partial charge in [-0.1, -0.05) is 13.0 Å². The minimum atomic E-state index is 0.0484.